The summed E-state index contributed by atoms with van der Waals surface area (Å²) in [6.07, 6.45) is 0.959. The fourth-order valence-corrected chi connectivity index (χ4v) is 3.24. The van der Waals surface area contributed by atoms with Crippen molar-refractivity contribution in [2.45, 2.75) is 33.3 Å². The zero-order valence-electron chi connectivity index (χ0n) is 11.8. The molecule has 2 nitrogen and oxygen atoms in total. The summed E-state index contributed by atoms with van der Waals surface area (Å²) in [4.78, 5) is 2.41. The van der Waals surface area contributed by atoms with Gasteiger partial charge in [-0.1, -0.05) is 38.1 Å². The van der Waals surface area contributed by atoms with Gasteiger partial charge in [0.2, 0.25) is 0 Å². The Morgan fingerprint density at radius 1 is 1.22 bits per heavy atom. The minimum atomic E-state index is -0.358. The lowest BCUT2D eigenvalue weighted by atomic mass is 9.91. The van der Waals surface area contributed by atoms with Crippen molar-refractivity contribution in [2.75, 3.05) is 19.6 Å². The van der Waals surface area contributed by atoms with E-state index in [0.717, 1.165) is 37.0 Å². The fourth-order valence-electron chi connectivity index (χ4n) is 3.24. The summed E-state index contributed by atoms with van der Waals surface area (Å²) in [5.74, 6) is 1.50. The Bertz CT molecular complexity index is 380. The molecule has 2 heteroatoms. The maximum Gasteiger partial charge on any atom is 0.0919 e. The van der Waals surface area contributed by atoms with Crippen LogP contribution in [0.5, 0.6) is 0 Å². The van der Waals surface area contributed by atoms with Gasteiger partial charge >= 0.3 is 0 Å². The molecule has 100 valence electrons. The Balaban J connectivity index is 1.99. The van der Waals surface area contributed by atoms with Crippen LogP contribution in [0.25, 0.3) is 0 Å². The highest BCUT2D eigenvalue weighted by Gasteiger charge is 2.24. The minimum absolute atomic E-state index is 0.358. The van der Waals surface area contributed by atoms with Crippen LogP contribution in [0.3, 0.4) is 0 Å². The third kappa shape index (κ3) is 3.33. The number of β-amino-alcohol motifs (C(OH)–C–C–N with tert-alkyl or cyclic N) is 1. The second-order valence-electron chi connectivity index (χ2n) is 6.04. The lowest BCUT2D eigenvalue weighted by Crippen LogP contribution is -2.40. The summed E-state index contributed by atoms with van der Waals surface area (Å²) < 4.78 is 0. The normalized spacial score (nSPS) is 27.1. The first-order valence-corrected chi connectivity index (χ1v) is 7.02. The van der Waals surface area contributed by atoms with Crippen LogP contribution in [0, 0.1) is 18.8 Å². The lowest BCUT2D eigenvalue weighted by Gasteiger charge is -2.36. The molecule has 1 aromatic rings. The third-order valence-electron chi connectivity index (χ3n) is 3.92. The quantitative estimate of drug-likeness (QED) is 0.887. The van der Waals surface area contributed by atoms with E-state index in [2.05, 4.69) is 31.7 Å². The van der Waals surface area contributed by atoms with Gasteiger partial charge in [0.25, 0.3) is 0 Å². The minimum Gasteiger partial charge on any atom is -0.387 e. The summed E-state index contributed by atoms with van der Waals surface area (Å²) in [5.41, 5.74) is 2.26. The van der Waals surface area contributed by atoms with Crippen LogP contribution in [0.2, 0.25) is 0 Å². The highest BCUT2D eigenvalue weighted by molar-refractivity contribution is 5.27. The number of nitrogens with zero attached hydrogens (tertiary/aromatic N) is 1. The number of aliphatic hydroxyl groups excluding tert-OH is 1. The monoisotopic (exact) mass is 247 g/mol. The predicted molar refractivity (Wildman–Crippen MR) is 75.5 cm³/mol. The van der Waals surface area contributed by atoms with Crippen molar-refractivity contribution in [3.63, 3.8) is 0 Å². The van der Waals surface area contributed by atoms with Gasteiger partial charge in [0.1, 0.15) is 0 Å². The van der Waals surface area contributed by atoms with Crippen molar-refractivity contribution < 1.29 is 5.11 Å². The van der Waals surface area contributed by atoms with Crippen molar-refractivity contribution >= 4 is 0 Å². The van der Waals surface area contributed by atoms with Crippen LogP contribution in [0.4, 0.5) is 0 Å². The molecule has 3 unspecified atom stereocenters. The van der Waals surface area contributed by atoms with Gasteiger partial charge in [0.05, 0.1) is 6.10 Å². The number of aliphatic hydroxyl groups is 1. The Morgan fingerprint density at radius 2 is 1.83 bits per heavy atom. The maximum absolute atomic E-state index is 10.4. The zero-order chi connectivity index (χ0) is 13.1. The molecule has 3 atom stereocenters. The van der Waals surface area contributed by atoms with E-state index in [-0.39, 0.29) is 6.10 Å². The lowest BCUT2D eigenvalue weighted by molar-refractivity contribution is 0.0696. The highest BCUT2D eigenvalue weighted by Crippen LogP contribution is 2.24. The molecule has 1 N–H and O–H groups in total. The van der Waals surface area contributed by atoms with E-state index in [0.29, 0.717) is 0 Å². The molecule has 0 bridgehead atoms. The Hall–Kier alpha value is -0.860. The molecule has 18 heavy (non-hydrogen) atoms. The van der Waals surface area contributed by atoms with E-state index in [4.69, 9.17) is 0 Å². The second kappa shape index (κ2) is 5.85. The van der Waals surface area contributed by atoms with Crippen LogP contribution >= 0.6 is 0 Å². The Labute approximate surface area is 111 Å². The molecule has 1 aliphatic heterocycles. The number of aryl methyl sites for hydroxylation is 1. The molecular weight excluding hydrogens is 222 g/mol. The van der Waals surface area contributed by atoms with Gasteiger partial charge in [-0.2, -0.15) is 0 Å². The van der Waals surface area contributed by atoms with E-state index in [1.807, 2.05) is 18.2 Å². The standard InChI is InChI=1S/C16H25NO/c1-12-8-13(2)10-17(9-12)11-16(18)15-7-5-4-6-14(15)3/h4-7,12-13,16,18H,8-11H2,1-3H3. The number of hydrogen-bond donors (Lipinski definition) is 1. The SMILES string of the molecule is Cc1ccccc1C(O)CN1CC(C)CC(C)C1. The number of likely N-dealkylation sites (tertiary alicyclic amines) is 1. The third-order valence-corrected chi connectivity index (χ3v) is 3.92. The van der Waals surface area contributed by atoms with E-state index < -0.39 is 0 Å². The molecular formula is C16H25NO. The summed E-state index contributed by atoms with van der Waals surface area (Å²) in [7, 11) is 0. The fraction of sp³-hybridized carbons (Fsp3) is 0.625. The van der Waals surface area contributed by atoms with Crippen molar-refractivity contribution in [3.05, 3.63) is 35.4 Å². The molecule has 1 aromatic carbocycles. The van der Waals surface area contributed by atoms with Gasteiger partial charge in [0, 0.05) is 19.6 Å². The van der Waals surface area contributed by atoms with E-state index >= 15 is 0 Å². The maximum atomic E-state index is 10.4. The Kier molecular flexibility index (Phi) is 4.41. The van der Waals surface area contributed by atoms with Crippen molar-refractivity contribution in [2.24, 2.45) is 11.8 Å². The zero-order valence-corrected chi connectivity index (χ0v) is 11.8. The van der Waals surface area contributed by atoms with Crippen molar-refractivity contribution in [1.29, 1.82) is 0 Å². The van der Waals surface area contributed by atoms with Gasteiger partial charge in [-0.3, -0.25) is 4.90 Å². The second-order valence-corrected chi connectivity index (χ2v) is 6.04. The summed E-state index contributed by atoms with van der Waals surface area (Å²) in [5, 5.41) is 10.4. The van der Waals surface area contributed by atoms with Gasteiger partial charge in [-0.05, 0) is 36.3 Å². The van der Waals surface area contributed by atoms with Crippen LogP contribution in [-0.4, -0.2) is 29.6 Å². The molecule has 2 rings (SSSR count). The molecule has 1 fully saturated rings. The van der Waals surface area contributed by atoms with Gasteiger partial charge in [-0.25, -0.2) is 0 Å². The summed E-state index contributed by atoms with van der Waals surface area (Å²) >= 11 is 0. The number of rotatable bonds is 3. The number of benzene rings is 1. The van der Waals surface area contributed by atoms with Crippen LogP contribution < -0.4 is 0 Å². The Morgan fingerprint density at radius 3 is 2.44 bits per heavy atom. The molecule has 0 radical (unpaired) electrons. The van der Waals surface area contributed by atoms with E-state index in [1.54, 1.807) is 0 Å². The first kappa shape index (κ1) is 13.6. The molecule has 0 amide bonds. The number of hydrogen-bond acceptors (Lipinski definition) is 2. The predicted octanol–water partition coefficient (Wildman–Crippen LogP) is 3.01. The van der Waals surface area contributed by atoms with E-state index in [1.165, 1.54) is 12.0 Å². The number of piperidine rings is 1. The van der Waals surface area contributed by atoms with Crippen LogP contribution in [0.15, 0.2) is 24.3 Å². The molecule has 0 spiro atoms. The first-order chi connectivity index (χ1) is 8.56. The molecule has 1 saturated heterocycles. The largest absolute Gasteiger partial charge is 0.387 e. The molecule has 0 saturated carbocycles. The topological polar surface area (TPSA) is 23.5 Å². The average molecular weight is 247 g/mol. The van der Waals surface area contributed by atoms with E-state index in [9.17, 15) is 5.11 Å². The van der Waals surface area contributed by atoms with Gasteiger partial charge in [-0.15, -0.1) is 0 Å². The van der Waals surface area contributed by atoms with Crippen molar-refractivity contribution in [1.82, 2.24) is 4.90 Å². The summed E-state index contributed by atoms with van der Waals surface area (Å²) in [6, 6.07) is 8.14. The van der Waals surface area contributed by atoms with Crippen LogP contribution in [0.1, 0.15) is 37.5 Å². The highest BCUT2D eigenvalue weighted by atomic mass is 16.3. The smallest absolute Gasteiger partial charge is 0.0919 e. The van der Waals surface area contributed by atoms with Gasteiger partial charge in [0.15, 0.2) is 0 Å². The molecule has 1 aliphatic rings. The molecule has 0 aliphatic carbocycles. The van der Waals surface area contributed by atoms with Crippen molar-refractivity contribution in [3.8, 4) is 0 Å². The van der Waals surface area contributed by atoms with Crippen LogP contribution in [-0.2, 0) is 0 Å². The first-order valence-electron chi connectivity index (χ1n) is 7.02. The average Bonchev–Trinajstić information content (AvgIpc) is 2.27. The molecule has 0 aromatic heterocycles. The molecule has 1 heterocycles. The summed E-state index contributed by atoms with van der Waals surface area (Å²) in [6.45, 7) is 9.69. The van der Waals surface area contributed by atoms with Gasteiger partial charge < -0.3 is 5.11 Å².